The lowest BCUT2D eigenvalue weighted by molar-refractivity contribution is -0.136. The lowest BCUT2D eigenvalue weighted by atomic mass is 10.1. The van der Waals surface area contributed by atoms with Gasteiger partial charge < -0.3 is 24.2 Å². The quantitative estimate of drug-likeness (QED) is 0.198. The molecule has 0 amide bonds. The Morgan fingerprint density at radius 2 is 1.59 bits per heavy atom. The number of oxime groups is 1. The summed E-state index contributed by atoms with van der Waals surface area (Å²) in [5.41, 5.74) is 1.96. The Morgan fingerprint density at radius 1 is 0.853 bits per heavy atom. The first kappa shape index (κ1) is 24.6. The molecule has 1 N–H and O–H groups in total. The van der Waals surface area contributed by atoms with Crippen LogP contribution in [-0.4, -0.2) is 36.6 Å². The fourth-order valence-electron chi connectivity index (χ4n) is 3.13. The third kappa shape index (κ3) is 7.85. The fourth-order valence-corrected chi connectivity index (χ4v) is 3.13. The van der Waals surface area contributed by atoms with E-state index in [1.807, 2.05) is 68.4 Å². The van der Waals surface area contributed by atoms with Crippen LogP contribution < -0.4 is 14.2 Å². The molecule has 0 aromatic heterocycles. The number of rotatable bonds is 13. The van der Waals surface area contributed by atoms with Crippen LogP contribution in [0.5, 0.6) is 23.0 Å². The molecule has 7 nitrogen and oxygen atoms in total. The minimum Gasteiger partial charge on any atom is -0.494 e. The maximum Gasteiger partial charge on any atom is 0.307 e. The van der Waals surface area contributed by atoms with Crippen molar-refractivity contribution in [1.29, 1.82) is 0 Å². The number of carboxylic acid groups (broad SMARTS) is 1. The number of para-hydroxylation sites is 1. The molecule has 0 saturated heterocycles. The molecular weight excluding hydrogens is 434 g/mol. The Labute approximate surface area is 199 Å². The molecule has 178 valence electrons. The van der Waals surface area contributed by atoms with Crippen LogP contribution in [0.4, 0.5) is 0 Å². The lowest BCUT2D eigenvalue weighted by Crippen LogP contribution is -2.14. The van der Waals surface area contributed by atoms with Crippen LogP contribution in [0, 0.1) is 0 Å². The largest absolute Gasteiger partial charge is 0.494 e. The summed E-state index contributed by atoms with van der Waals surface area (Å²) in [5, 5.41) is 13.5. The standard InChI is InChI=1S/C27H29NO6/c1-3-13-33-28-26(21-9-8-12-23(17-21)34-22-10-6-5-7-11-22)19-32-25-15-20(16-27(29)30)14-24(18-25)31-4-2/h5-12,14-15,17-18H,3-4,13,16,19H2,1-2H3,(H,29,30). The van der Waals surface area contributed by atoms with E-state index in [-0.39, 0.29) is 13.0 Å². The number of benzene rings is 3. The lowest BCUT2D eigenvalue weighted by Gasteiger charge is -2.13. The maximum absolute atomic E-state index is 11.2. The van der Waals surface area contributed by atoms with Gasteiger partial charge in [-0.1, -0.05) is 42.4 Å². The highest BCUT2D eigenvalue weighted by Crippen LogP contribution is 2.25. The van der Waals surface area contributed by atoms with Gasteiger partial charge in [0.25, 0.3) is 0 Å². The van der Waals surface area contributed by atoms with Crippen LogP contribution >= 0.6 is 0 Å². The average molecular weight is 464 g/mol. The third-order valence-electron chi connectivity index (χ3n) is 4.60. The van der Waals surface area contributed by atoms with Gasteiger partial charge in [0, 0.05) is 11.6 Å². The van der Waals surface area contributed by atoms with Gasteiger partial charge in [0.2, 0.25) is 0 Å². The number of hydrogen-bond acceptors (Lipinski definition) is 6. The Balaban J connectivity index is 1.81. The second kappa shape index (κ2) is 12.9. The summed E-state index contributed by atoms with van der Waals surface area (Å²) in [4.78, 5) is 16.6. The van der Waals surface area contributed by atoms with Crippen molar-refractivity contribution in [3.05, 3.63) is 83.9 Å². The molecule has 0 fully saturated rings. The fraction of sp³-hybridized carbons (Fsp3) is 0.259. The van der Waals surface area contributed by atoms with Gasteiger partial charge in [-0.15, -0.1) is 0 Å². The van der Waals surface area contributed by atoms with Crippen LogP contribution in [0.25, 0.3) is 0 Å². The first-order chi connectivity index (χ1) is 16.6. The molecule has 0 saturated carbocycles. The first-order valence-electron chi connectivity index (χ1n) is 11.2. The molecule has 3 rings (SSSR count). The van der Waals surface area contributed by atoms with Gasteiger partial charge in [0.05, 0.1) is 13.0 Å². The molecule has 0 spiro atoms. The van der Waals surface area contributed by atoms with Crippen molar-refractivity contribution in [1.82, 2.24) is 0 Å². The molecule has 3 aromatic rings. The van der Waals surface area contributed by atoms with Crippen LogP contribution in [0.3, 0.4) is 0 Å². The highest BCUT2D eigenvalue weighted by molar-refractivity contribution is 6.01. The summed E-state index contributed by atoms with van der Waals surface area (Å²) in [6.45, 7) is 4.92. The van der Waals surface area contributed by atoms with Gasteiger partial charge in [-0.2, -0.15) is 0 Å². The summed E-state index contributed by atoms with van der Waals surface area (Å²) in [7, 11) is 0. The van der Waals surface area contributed by atoms with E-state index in [1.165, 1.54) is 0 Å². The van der Waals surface area contributed by atoms with E-state index in [9.17, 15) is 4.79 Å². The number of ether oxygens (including phenoxy) is 3. The highest BCUT2D eigenvalue weighted by atomic mass is 16.6. The van der Waals surface area contributed by atoms with Crippen molar-refractivity contribution in [2.24, 2.45) is 5.16 Å². The molecule has 0 unspecified atom stereocenters. The molecule has 0 bridgehead atoms. The number of aliphatic carboxylic acids is 1. The molecule has 34 heavy (non-hydrogen) atoms. The van der Waals surface area contributed by atoms with E-state index in [1.54, 1.807) is 18.2 Å². The third-order valence-corrected chi connectivity index (χ3v) is 4.60. The molecule has 0 aliphatic rings. The zero-order chi connectivity index (χ0) is 24.2. The Bertz CT molecular complexity index is 1100. The van der Waals surface area contributed by atoms with Gasteiger partial charge in [0.15, 0.2) is 0 Å². The van der Waals surface area contributed by atoms with E-state index in [0.717, 1.165) is 17.7 Å². The number of hydrogen-bond donors (Lipinski definition) is 1. The summed E-state index contributed by atoms with van der Waals surface area (Å²) in [5.74, 6) is 1.51. The molecule has 0 heterocycles. The van der Waals surface area contributed by atoms with Gasteiger partial charge >= 0.3 is 5.97 Å². The highest BCUT2D eigenvalue weighted by Gasteiger charge is 2.11. The monoisotopic (exact) mass is 463 g/mol. The number of carboxylic acids is 1. The molecule has 0 aliphatic heterocycles. The van der Waals surface area contributed by atoms with Gasteiger partial charge in [-0.25, -0.2) is 0 Å². The Hall–Kier alpha value is -4.00. The van der Waals surface area contributed by atoms with Gasteiger partial charge in [-0.05, 0) is 55.3 Å². The minimum absolute atomic E-state index is 0.112. The van der Waals surface area contributed by atoms with Crippen molar-refractivity contribution in [2.75, 3.05) is 19.8 Å². The predicted octanol–water partition coefficient (Wildman–Crippen LogP) is 5.71. The molecular formula is C27H29NO6. The molecule has 0 radical (unpaired) electrons. The van der Waals surface area contributed by atoms with Crippen molar-refractivity contribution in [2.45, 2.75) is 26.7 Å². The smallest absolute Gasteiger partial charge is 0.307 e. The predicted molar refractivity (Wildman–Crippen MR) is 130 cm³/mol. The van der Waals surface area contributed by atoms with E-state index in [0.29, 0.717) is 41.7 Å². The summed E-state index contributed by atoms with van der Waals surface area (Å²) < 4.78 is 17.5. The Kier molecular flexibility index (Phi) is 9.34. The number of carbonyl (C=O) groups is 1. The number of nitrogens with zero attached hydrogens (tertiary/aromatic N) is 1. The molecule has 7 heteroatoms. The Morgan fingerprint density at radius 3 is 2.29 bits per heavy atom. The summed E-state index contributed by atoms with van der Waals surface area (Å²) in [6, 6.07) is 22.2. The van der Waals surface area contributed by atoms with Crippen LogP contribution in [0.1, 0.15) is 31.4 Å². The zero-order valence-corrected chi connectivity index (χ0v) is 19.4. The van der Waals surface area contributed by atoms with Crippen molar-refractivity contribution in [3.8, 4) is 23.0 Å². The SMILES string of the molecule is CCCON=C(COc1cc(CC(=O)O)cc(OCC)c1)c1cccc(Oc2ccccc2)c1. The first-order valence-corrected chi connectivity index (χ1v) is 11.2. The average Bonchev–Trinajstić information content (AvgIpc) is 2.82. The zero-order valence-electron chi connectivity index (χ0n) is 19.4. The topological polar surface area (TPSA) is 86.6 Å². The normalized spacial score (nSPS) is 11.1. The van der Waals surface area contributed by atoms with E-state index >= 15 is 0 Å². The van der Waals surface area contributed by atoms with Crippen LogP contribution in [0.15, 0.2) is 78.0 Å². The van der Waals surface area contributed by atoms with Gasteiger partial charge in [-0.3, -0.25) is 4.79 Å². The van der Waals surface area contributed by atoms with Gasteiger partial charge in [0.1, 0.15) is 41.9 Å². The summed E-state index contributed by atoms with van der Waals surface area (Å²) in [6.07, 6.45) is 0.695. The second-order valence-electron chi connectivity index (χ2n) is 7.42. The molecule has 0 aliphatic carbocycles. The van der Waals surface area contributed by atoms with E-state index < -0.39 is 5.97 Å². The van der Waals surface area contributed by atoms with E-state index in [2.05, 4.69) is 5.16 Å². The van der Waals surface area contributed by atoms with Crippen LogP contribution in [-0.2, 0) is 16.1 Å². The van der Waals surface area contributed by atoms with Crippen molar-refractivity contribution >= 4 is 11.7 Å². The van der Waals surface area contributed by atoms with Crippen LogP contribution in [0.2, 0.25) is 0 Å². The maximum atomic E-state index is 11.2. The molecule has 3 aromatic carbocycles. The van der Waals surface area contributed by atoms with E-state index in [4.69, 9.17) is 24.2 Å². The van der Waals surface area contributed by atoms with Crippen molar-refractivity contribution < 1.29 is 28.9 Å². The second-order valence-corrected chi connectivity index (χ2v) is 7.42. The molecule has 0 atom stereocenters. The minimum atomic E-state index is -0.926. The van der Waals surface area contributed by atoms with Crippen molar-refractivity contribution in [3.63, 3.8) is 0 Å². The summed E-state index contributed by atoms with van der Waals surface area (Å²) >= 11 is 0.